The fraction of sp³-hybridized carbons (Fsp3) is 0.0556. The fourth-order valence-electron chi connectivity index (χ4n) is 5.58. The maximum Gasteiger partial charge on any atom is 0.339 e. The van der Waals surface area contributed by atoms with Gasteiger partial charge in [-0.3, -0.25) is 9.59 Å². The third-order valence-corrected chi connectivity index (χ3v) is 11.7. The summed E-state index contributed by atoms with van der Waals surface area (Å²) in [4.78, 5) is 42.7. The second-order valence-electron chi connectivity index (χ2n) is 9.84. The van der Waals surface area contributed by atoms with Crippen LogP contribution in [0.2, 0.25) is 0 Å². The SMILES string of the molecule is O=C(C(C(=O)[C@H]1Cc2ccccc2C(=O)O1)=P(c1ccccc1)(c1ccccc1)c1ccccc1)c1ccccc1. The van der Waals surface area contributed by atoms with Crippen molar-refractivity contribution in [3.63, 3.8) is 0 Å². The minimum atomic E-state index is -3.09. The van der Waals surface area contributed by atoms with Crippen LogP contribution in [-0.4, -0.2) is 28.9 Å². The standard InChI is InChI=1S/C36H27O4P/c37-33(26-15-5-1-6-16-26)35(34(38)32-25-27-17-13-14-24-31(27)36(39)40-32)41(28-18-7-2-8-19-28,29-20-9-3-10-21-29)30-22-11-4-12-23-30/h1-24,32H,25H2/t32-/m1/s1. The van der Waals surface area contributed by atoms with E-state index >= 15 is 0 Å². The van der Waals surface area contributed by atoms with Gasteiger partial charge in [-0.15, -0.1) is 0 Å². The summed E-state index contributed by atoms with van der Waals surface area (Å²) in [6.07, 6.45) is -0.930. The molecular formula is C36H27O4P. The molecule has 5 heteroatoms. The summed E-state index contributed by atoms with van der Waals surface area (Å²) in [5, 5.41) is 2.75. The molecule has 0 radical (unpaired) electrons. The van der Waals surface area contributed by atoms with Crippen LogP contribution in [0, 0.1) is 0 Å². The lowest BCUT2D eigenvalue weighted by molar-refractivity contribution is -0.121. The van der Waals surface area contributed by atoms with E-state index < -0.39 is 24.7 Å². The number of ether oxygens (including phenoxy) is 1. The average Bonchev–Trinajstić information content (AvgIpc) is 3.04. The zero-order chi connectivity index (χ0) is 28.2. The Kier molecular flexibility index (Phi) is 7.33. The van der Waals surface area contributed by atoms with Crippen molar-refractivity contribution >= 4 is 45.6 Å². The lowest BCUT2D eigenvalue weighted by atomic mass is 9.94. The van der Waals surface area contributed by atoms with Crippen LogP contribution in [0.25, 0.3) is 0 Å². The summed E-state index contributed by atoms with van der Waals surface area (Å²) in [6, 6.07) is 45.3. The lowest BCUT2D eigenvalue weighted by Gasteiger charge is -2.33. The van der Waals surface area contributed by atoms with E-state index in [9.17, 15) is 14.4 Å². The molecule has 1 aliphatic rings. The highest BCUT2D eigenvalue weighted by atomic mass is 31.2. The number of carbonyl (C=O) groups is 3. The number of benzene rings is 5. The highest BCUT2D eigenvalue weighted by Gasteiger charge is 2.42. The molecule has 0 aliphatic carbocycles. The third kappa shape index (κ3) is 4.77. The number of rotatable bonds is 7. The van der Waals surface area contributed by atoms with Gasteiger partial charge in [0.1, 0.15) is 0 Å². The molecule has 1 heterocycles. The molecule has 0 saturated carbocycles. The molecule has 4 nitrogen and oxygen atoms in total. The summed E-state index contributed by atoms with van der Waals surface area (Å²) in [5.74, 6) is -1.39. The first kappa shape index (κ1) is 26.4. The molecule has 0 unspecified atom stereocenters. The van der Waals surface area contributed by atoms with Crippen LogP contribution in [0.4, 0.5) is 0 Å². The van der Waals surface area contributed by atoms with Gasteiger partial charge in [0.15, 0.2) is 11.9 Å². The molecule has 0 amide bonds. The molecule has 0 N–H and O–H groups in total. The molecule has 0 aromatic heterocycles. The van der Waals surface area contributed by atoms with E-state index in [1.165, 1.54) is 0 Å². The van der Waals surface area contributed by atoms with E-state index in [4.69, 9.17) is 4.74 Å². The first-order valence-corrected chi connectivity index (χ1v) is 15.3. The van der Waals surface area contributed by atoms with Crippen molar-refractivity contribution in [2.45, 2.75) is 12.5 Å². The van der Waals surface area contributed by atoms with E-state index in [2.05, 4.69) is 0 Å². The normalized spacial score (nSPS) is 14.4. The minimum Gasteiger partial charge on any atom is -0.450 e. The number of hydrogen-bond donors (Lipinski definition) is 0. The largest absolute Gasteiger partial charge is 0.450 e. The van der Waals surface area contributed by atoms with Gasteiger partial charge >= 0.3 is 5.97 Å². The van der Waals surface area contributed by atoms with Crippen LogP contribution in [0.5, 0.6) is 0 Å². The number of hydrogen-bond acceptors (Lipinski definition) is 4. The number of fused-ring (bicyclic) bond motifs is 1. The highest BCUT2D eigenvalue weighted by molar-refractivity contribution is 7.97. The monoisotopic (exact) mass is 554 g/mol. The zero-order valence-corrected chi connectivity index (χ0v) is 23.1. The summed E-state index contributed by atoms with van der Waals surface area (Å²) in [6.45, 7) is -3.09. The van der Waals surface area contributed by atoms with Crippen molar-refractivity contribution in [1.82, 2.24) is 0 Å². The van der Waals surface area contributed by atoms with Crippen LogP contribution < -0.4 is 15.9 Å². The lowest BCUT2D eigenvalue weighted by Crippen LogP contribution is -2.45. The Labute approximate surface area is 239 Å². The molecular weight excluding hydrogens is 527 g/mol. The second kappa shape index (κ2) is 11.4. The van der Waals surface area contributed by atoms with Crippen LogP contribution in [0.15, 0.2) is 146 Å². The van der Waals surface area contributed by atoms with Gasteiger partial charge < -0.3 is 4.74 Å². The van der Waals surface area contributed by atoms with Crippen molar-refractivity contribution < 1.29 is 19.1 Å². The first-order valence-electron chi connectivity index (χ1n) is 13.5. The van der Waals surface area contributed by atoms with Crippen molar-refractivity contribution in [3.8, 4) is 0 Å². The Morgan fingerprint density at radius 1 is 0.585 bits per heavy atom. The Morgan fingerprint density at radius 3 is 1.54 bits per heavy atom. The quantitative estimate of drug-likeness (QED) is 0.117. The Bertz CT molecular complexity index is 1680. The smallest absolute Gasteiger partial charge is 0.339 e. The minimum absolute atomic E-state index is 0.143. The van der Waals surface area contributed by atoms with Gasteiger partial charge in [-0.25, -0.2) is 4.79 Å². The van der Waals surface area contributed by atoms with Crippen LogP contribution >= 0.6 is 6.89 Å². The van der Waals surface area contributed by atoms with E-state index in [-0.39, 0.29) is 17.5 Å². The molecule has 0 bridgehead atoms. The second-order valence-corrected chi connectivity index (χ2v) is 13.2. The average molecular weight is 555 g/mol. The summed E-state index contributed by atoms with van der Waals surface area (Å²) < 4.78 is 5.80. The molecule has 1 atom stereocenters. The molecule has 0 saturated heterocycles. The van der Waals surface area contributed by atoms with Gasteiger partial charge in [0.25, 0.3) is 0 Å². The number of cyclic esters (lactones) is 1. The van der Waals surface area contributed by atoms with Crippen LogP contribution in [0.1, 0.15) is 26.3 Å². The molecule has 5 aromatic rings. The van der Waals surface area contributed by atoms with E-state index in [0.717, 1.165) is 21.5 Å². The summed E-state index contributed by atoms with van der Waals surface area (Å²) in [7, 11) is 0. The summed E-state index contributed by atoms with van der Waals surface area (Å²) in [5.41, 5.74) is 1.59. The molecule has 6 rings (SSSR count). The highest BCUT2D eigenvalue weighted by Crippen LogP contribution is 2.47. The van der Waals surface area contributed by atoms with Gasteiger partial charge in [0.2, 0.25) is 5.78 Å². The maximum absolute atomic E-state index is 14.9. The van der Waals surface area contributed by atoms with Crippen molar-refractivity contribution in [2.24, 2.45) is 0 Å². The summed E-state index contributed by atoms with van der Waals surface area (Å²) >= 11 is 0. The van der Waals surface area contributed by atoms with Crippen molar-refractivity contribution in [1.29, 1.82) is 0 Å². The molecule has 0 fully saturated rings. The van der Waals surface area contributed by atoms with Crippen molar-refractivity contribution in [2.75, 3.05) is 0 Å². The molecule has 41 heavy (non-hydrogen) atoms. The van der Waals surface area contributed by atoms with Crippen LogP contribution in [-0.2, 0) is 16.0 Å². The fourth-order valence-corrected chi connectivity index (χ4v) is 10.0. The maximum atomic E-state index is 14.9. The Balaban J connectivity index is 1.74. The molecule has 5 aromatic carbocycles. The number of carbonyl (C=O) groups excluding carboxylic acids is 3. The number of esters is 1. The predicted octanol–water partition coefficient (Wildman–Crippen LogP) is 5.39. The Morgan fingerprint density at radius 2 is 1.02 bits per heavy atom. The molecule has 0 spiro atoms. The van der Waals surface area contributed by atoms with Gasteiger partial charge in [0.05, 0.1) is 10.9 Å². The number of Topliss-reactive ketones (excluding diaryl/α,β-unsaturated/α-hetero) is 2. The predicted molar refractivity (Wildman–Crippen MR) is 165 cm³/mol. The first-order chi connectivity index (χ1) is 20.1. The molecule has 200 valence electrons. The number of ketones is 2. The van der Waals surface area contributed by atoms with Gasteiger partial charge in [-0.05, 0) is 34.4 Å². The van der Waals surface area contributed by atoms with E-state index in [1.54, 1.807) is 36.4 Å². The van der Waals surface area contributed by atoms with E-state index in [0.29, 0.717) is 11.1 Å². The van der Waals surface area contributed by atoms with E-state index in [1.807, 2.05) is 109 Å². The van der Waals surface area contributed by atoms with Crippen LogP contribution in [0.3, 0.4) is 0 Å². The Hall–Kier alpha value is -4.79. The third-order valence-electron chi connectivity index (χ3n) is 7.43. The zero-order valence-electron chi connectivity index (χ0n) is 22.2. The van der Waals surface area contributed by atoms with Gasteiger partial charge in [-0.1, -0.05) is 140 Å². The topological polar surface area (TPSA) is 60.4 Å². The van der Waals surface area contributed by atoms with Crippen molar-refractivity contribution in [3.05, 3.63) is 162 Å². The van der Waals surface area contributed by atoms with Gasteiger partial charge in [-0.2, -0.15) is 0 Å². The molecule has 1 aliphatic heterocycles. The van der Waals surface area contributed by atoms with Gasteiger partial charge in [0, 0.05) is 12.0 Å².